The van der Waals surface area contributed by atoms with Crippen molar-refractivity contribution in [1.29, 1.82) is 0 Å². The highest BCUT2D eigenvalue weighted by atomic mass is 32.2. The third kappa shape index (κ3) is 2.83. The number of ether oxygens (including phenoxy) is 2. The number of aryl methyl sites for hydroxylation is 1. The lowest BCUT2D eigenvalue weighted by atomic mass is 9.91. The highest BCUT2D eigenvalue weighted by Crippen LogP contribution is 2.39. The van der Waals surface area contributed by atoms with Crippen LogP contribution >= 0.6 is 11.8 Å². The molecular formula is C15H19NO3S. The minimum atomic E-state index is -0.00689. The monoisotopic (exact) mass is 293 g/mol. The fraction of sp³-hybridized carbons (Fsp3) is 0.600. The first-order valence-corrected chi connectivity index (χ1v) is 8.17. The van der Waals surface area contributed by atoms with Crippen LogP contribution in [-0.2, 0) is 4.74 Å². The molecule has 0 bridgehead atoms. The Morgan fingerprint density at radius 1 is 1.55 bits per heavy atom. The van der Waals surface area contributed by atoms with E-state index in [1.165, 1.54) is 5.75 Å². The summed E-state index contributed by atoms with van der Waals surface area (Å²) in [6.45, 7) is 2.61. The maximum absolute atomic E-state index is 11.1. The molecule has 2 atom stereocenters. The largest absolute Gasteiger partial charge is 0.488 e. The van der Waals surface area contributed by atoms with E-state index in [-0.39, 0.29) is 11.7 Å². The summed E-state index contributed by atoms with van der Waals surface area (Å²) in [7, 11) is 0. The van der Waals surface area contributed by atoms with Crippen molar-refractivity contribution in [1.82, 2.24) is 4.98 Å². The first-order chi connectivity index (χ1) is 9.71. The van der Waals surface area contributed by atoms with Gasteiger partial charge in [0, 0.05) is 24.3 Å². The maximum atomic E-state index is 11.1. The summed E-state index contributed by atoms with van der Waals surface area (Å²) in [5.41, 5.74) is 1.22. The van der Waals surface area contributed by atoms with Crippen LogP contribution in [0, 0.1) is 6.92 Å². The van der Waals surface area contributed by atoms with Gasteiger partial charge in [0.15, 0.2) is 6.29 Å². The summed E-state index contributed by atoms with van der Waals surface area (Å²) in [5.74, 6) is 2.82. The number of nitrogens with zero attached hydrogens (tertiary/aromatic N) is 1. The average molecular weight is 293 g/mol. The number of pyridine rings is 1. The van der Waals surface area contributed by atoms with Gasteiger partial charge >= 0.3 is 0 Å². The highest BCUT2D eigenvalue weighted by molar-refractivity contribution is 7.99. The van der Waals surface area contributed by atoms with Gasteiger partial charge < -0.3 is 9.47 Å². The van der Waals surface area contributed by atoms with Crippen LogP contribution in [0.4, 0.5) is 0 Å². The van der Waals surface area contributed by atoms with Crippen molar-refractivity contribution in [3.63, 3.8) is 0 Å². The fourth-order valence-corrected chi connectivity index (χ4v) is 4.25. The number of aldehydes is 1. The van der Waals surface area contributed by atoms with Crippen LogP contribution in [-0.4, -0.2) is 41.1 Å². The first-order valence-electron chi connectivity index (χ1n) is 7.02. The molecule has 2 aliphatic rings. The average Bonchev–Trinajstić information content (AvgIpc) is 2.89. The van der Waals surface area contributed by atoms with E-state index in [1.807, 2.05) is 30.8 Å². The summed E-state index contributed by atoms with van der Waals surface area (Å²) in [6, 6.07) is 3.72. The molecule has 3 heterocycles. The molecule has 2 saturated heterocycles. The first kappa shape index (κ1) is 13.9. The molecule has 108 valence electrons. The van der Waals surface area contributed by atoms with Crippen molar-refractivity contribution in [2.24, 2.45) is 0 Å². The van der Waals surface area contributed by atoms with E-state index in [0.29, 0.717) is 11.4 Å². The lowest BCUT2D eigenvalue weighted by molar-refractivity contribution is -0.0959. The number of carbonyl (C=O) groups excluding carboxylic acids is 1. The van der Waals surface area contributed by atoms with E-state index < -0.39 is 0 Å². The number of aromatic nitrogens is 1. The molecule has 1 aromatic rings. The molecule has 2 unspecified atom stereocenters. The van der Waals surface area contributed by atoms with Crippen molar-refractivity contribution >= 4 is 18.0 Å². The second-order valence-electron chi connectivity index (χ2n) is 5.52. The Morgan fingerprint density at radius 3 is 3.20 bits per heavy atom. The van der Waals surface area contributed by atoms with Gasteiger partial charge in [-0.05, 0) is 31.2 Å². The summed E-state index contributed by atoms with van der Waals surface area (Å²) < 4.78 is 12.0. The fourth-order valence-electron chi connectivity index (χ4n) is 2.87. The molecule has 4 nitrogen and oxygen atoms in total. The van der Waals surface area contributed by atoms with E-state index in [0.717, 1.165) is 43.6 Å². The molecule has 0 saturated carbocycles. The molecule has 0 aliphatic carbocycles. The van der Waals surface area contributed by atoms with Gasteiger partial charge in [0.2, 0.25) is 0 Å². The molecule has 1 aromatic heterocycles. The molecule has 2 aliphatic heterocycles. The normalized spacial score (nSPS) is 29.6. The van der Waals surface area contributed by atoms with Crippen LogP contribution in [0.2, 0.25) is 0 Å². The molecule has 0 amide bonds. The molecule has 0 aromatic carbocycles. The topological polar surface area (TPSA) is 48.4 Å². The number of hydrogen-bond donors (Lipinski definition) is 0. The van der Waals surface area contributed by atoms with Gasteiger partial charge in [-0.2, -0.15) is 11.8 Å². The zero-order valence-electron chi connectivity index (χ0n) is 11.6. The number of thioether (sulfide) groups is 1. The van der Waals surface area contributed by atoms with Gasteiger partial charge in [-0.25, -0.2) is 4.98 Å². The molecule has 2 fully saturated rings. The van der Waals surface area contributed by atoms with Crippen LogP contribution in [0.3, 0.4) is 0 Å². The zero-order chi connectivity index (χ0) is 14.0. The number of carbonyl (C=O) groups is 1. The SMILES string of the molecule is Cc1ccc(OC2CCOC3(CCSC3)C2)c(C=O)n1. The Hall–Kier alpha value is -1.07. The summed E-state index contributed by atoms with van der Waals surface area (Å²) in [6.07, 6.45) is 3.77. The van der Waals surface area contributed by atoms with Crippen molar-refractivity contribution in [2.75, 3.05) is 18.1 Å². The Labute approximate surface area is 123 Å². The Kier molecular flexibility index (Phi) is 3.98. The van der Waals surface area contributed by atoms with Crippen molar-refractivity contribution in [3.05, 3.63) is 23.5 Å². The van der Waals surface area contributed by atoms with Gasteiger partial charge in [0.25, 0.3) is 0 Å². The van der Waals surface area contributed by atoms with E-state index in [4.69, 9.17) is 9.47 Å². The Bertz CT molecular complexity index is 500. The van der Waals surface area contributed by atoms with Gasteiger partial charge in [0.05, 0.1) is 12.2 Å². The molecular weight excluding hydrogens is 274 g/mol. The number of rotatable bonds is 3. The zero-order valence-corrected chi connectivity index (χ0v) is 12.4. The molecule has 0 N–H and O–H groups in total. The van der Waals surface area contributed by atoms with Crippen LogP contribution in [0.25, 0.3) is 0 Å². The molecule has 1 spiro atoms. The third-order valence-corrected chi connectivity index (χ3v) is 5.17. The summed E-state index contributed by atoms with van der Waals surface area (Å²) in [4.78, 5) is 15.3. The second kappa shape index (κ2) is 5.74. The van der Waals surface area contributed by atoms with E-state index in [2.05, 4.69) is 4.98 Å². The van der Waals surface area contributed by atoms with Crippen molar-refractivity contribution in [3.8, 4) is 5.75 Å². The smallest absolute Gasteiger partial charge is 0.172 e. The van der Waals surface area contributed by atoms with E-state index >= 15 is 0 Å². The predicted octanol–water partition coefficient (Wildman–Crippen LogP) is 2.64. The number of hydrogen-bond acceptors (Lipinski definition) is 5. The minimum Gasteiger partial charge on any atom is -0.488 e. The van der Waals surface area contributed by atoms with E-state index in [9.17, 15) is 4.79 Å². The van der Waals surface area contributed by atoms with Gasteiger partial charge in [0.1, 0.15) is 17.5 Å². The third-order valence-electron chi connectivity index (χ3n) is 3.95. The van der Waals surface area contributed by atoms with Crippen LogP contribution in [0.1, 0.15) is 35.4 Å². The summed E-state index contributed by atoms with van der Waals surface area (Å²) >= 11 is 1.95. The molecule has 5 heteroatoms. The predicted molar refractivity (Wildman–Crippen MR) is 78.6 cm³/mol. The van der Waals surface area contributed by atoms with Gasteiger partial charge in [-0.3, -0.25) is 4.79 Å². The molecule has 0 radical (unpaired) electrons. The quantitative estimate of drug-likeness (QED) is 0.802. The van der Waals surface area contributed by atoms with Crippen molar-refractivity contribution in [2.45, 2.75) is 37.9 Å². The summed E-state index contributed by atoms with van der Waals surface area (Å²) in [5, 5.41) is 0. The van der Waals surface area contributed by atoms with Crippen LogP contribution in [0.15, 0.2) is 12.1 Å². The maximum Gasteiger partial charge on any atom is 0.172 e. The van der Waals surface area contributed by atoms with Gasteiger partial charge in [-0.15, -0.1) is 0 Å². The Morgan fingerprint density at radius 2 is 2.45 bits per heavy atom. The van der Waals surface area contributed by atoms with Crippen LogP contribution in [0.5, 0.6) is 5.75 Å². The van der Waals surface area contributed by atoms with Gasteiger partial charge in [-0.1, -0.05) is 0 Å². The Balaban J connectivity index is 1.72. The lowest BCUT2D eigenvalue weighted by Gasteiger charge is -2.37. The standard InChI is InChI=1S/C15H19NO3S/c1-11-2-3-14(13(9-17)16-11)19-12-4-6-18-15(8-12)5-7-20-10-15/h2-3,9,12H,4-8,10H2,1H3. The van der Waals surface area contributed by atoms with Crippen molar-refractivity contribution < 1.29 is 14.3 Å². The van der Waals surface area contributed by atoms with Crippen LogP contribution < -0.4 is 4.74 Å². The second-order valence-corrected chi connectivity index (χ2v) is 6.63. The minimum absolute atomic E-state index is 0.00689. The van der Waals surface area contributed by atoms with E-state index in [1.54, 1.807) is 0 Å². The molecule has 20 heavy (non-hydrogen) atoms. The highest BCUT2D eigenvalue weighted by Gasteiger charge is 2.41. The molecule has 3 rings (SSSR count). The lowest BCUT2D eigenvalue weighted by Crippen LogP contribution is -2.43.